The van der Waals surface area contributed by atoms with Crippen molar-refractivity contribution in [2.75, 3.05) is 49.2 Å². The molecule has 7 aromatic rings. The molecule has 3 aromatic heterocycles. The normalized spacial score (nSPS) is 17.5. The molecule has 2 aliphatic rings. The lowest BCUT2D eigenvalue weighted by Crippen LogP contribution is -3.00. The average Bonchev–Trinajstić information content (AvgIpc) is 4.08. The predicted molar refractivity (Wildman–Crippen MR) is 255 cm³/mol. The summed E-state index contributed by atoms with van der Waals surface area (Å²) in [7, 11) is 0. The molecule has 9 rings (SSSR count). The molecule has 4 aromatic carbocycles. The van der Waals surface area contributed by atoms with Crippen LogP contribution in [-0.4, -0.2) is 80.6 Å². The van der Waals surface area contributed by atoms with Gasteiger partial charge in [-0.15, -0.1) is 4.68 Å². The maximum absolute atomic E-state index is 12.9. The van der Waals surface area contributed by atoms with Crippen LogP contribution in [0.15, 0.2) is 127 Å². The second kappa shape index (κ2) is 21.1. The zero-order valence-electron chi connectivity index (χ0n) is 38.2. The number of rotatable bonds is 15. The smallest absolute Gasteiger partial charge is 0.350 e. The van der Waals surface area contributed by atoms with Crippen LogP contribution < -0.4 is 46.5 Å². The van der Waals surface area contributed by atoms with E-state index in [2.05, 4.69) is 49.2 Å². The number of benzene rings is 4. The van der Waals surface area contributed by atoms with Crippen LogP contribution in [0, 0.1) is 13.8 Å². The summed E-state index contributed by atoms with van der Waals surface area (Å²) >= 11 is 13.1. The lowest BCUT2D eigenvalue weighted by molar-refractivity contribution is -0.689. The summed E-state index contributed by atoms with van der Waals surface area (Å²) in [6.45, 7) is 12.6. The molecule has 0 bridgehead atoms. The predicted octanol–water partition coefficient (Wildman–Crippen LogP) is 4.75. The Morgan fingerprint density at radius 3 is 2.24 bits per heavy atom. The summed E-state index contributed by atoms with van der Waals surface area (Å²) in [5, 5.41) is 9.89. The van der Waals surface area contributed by atoms with Gasteiger partial charge in [0.1, 0.15) is 30.5 Å². The van der Waals surface area contributed by atoms with Crippen molar-refractivity contribution in [3.63, 3.8) is 0 Å². The standard InChI is InChI=1S/C50H52Cl2N9O6.BrH/c1-5-36(4)61-49(63)60(32-55-61)42-11-9-40(10-12-42)57-19-21-58(22-20-57)41-13-15-43(16-14-41)64-28-44-29-65-50(67-44,45-17-8-39(51)25-46(45)52)30-59-33-56(31-54-59)27-37-23-34(2)47(35(3)24-37)66-48(62)38-7-6-18-53-26-38;/h6-18,23-26,31-33,36,44H,5,19-22,27-30H2,1-4H3;1H/q+1;/p-1. The van der Waals surface area contributed by atoms with Crippen LogP contribution in [0.5, 0.6) is 11.5 Å². The second-order valence-corrected chi connectivity index (χ2v) is 17.9. The molecule has 0 saturated carbocycles. The highest BCUT2D eigenvalue weighted by Gasteiger charge is 2.47. The Balaban J connectivity index is 0.00000625. The summed E-state index contributed by atoms with van der Waals surface area (Å²) in [4.78, 5) is 34.4. The highest BCUT2D eigenvalue weighted by atomic mass is 79.9. The van der Waals surface area contributed by atoms with Crippen LogP contribution in [0.4, 0.5) is 11.4 Å². The maximum Gasteiger partial charge on any atom is 0.350 e. The van der Waals surface area contributed by atoms with Crippen LogP contribution >= 0.6 is 23.2 Å². The summed E-state index contributed by atoms with van der Waals surface area (Å²) in [5.41, 5.74) is 6.63. The number of hydrogen-bond donors (Lipinski definition) is 0. The van der Waals surface area contributed by atoms with Gasteiger partial charge < -0.3 is 45.7 Å². The molecule has 5 heterocycles. The minimum Gasteiger partial charge on any atom is -1.00 e. The first-order valence-electron chi connectivity index (χ1n) is 22.4. The van der Waals surface area contributed by atoms with E-state index in [4.69, 9.17) is 42.1 Å². The van der Waals surface area contributed by atoms with Crippen LogP contribution in [-0.2, 0) is 28.4 Å². The molecule has 18 heteroatoms. The highest BCUT2D eigenvalue weighted by Crippen LogP contribution is 2.40. The molecule has 0 aliphatic carbocycles. The van der Waals surface area contributed by atoms with Crippen LogP contribution in [0.1, 0.15) is 58.9 Å². The first kappa shape index (κ1) is 48.4. The lowest BCUT2D eigenvalue weighted by Gasteiger charge is -2.37. The molecule has 0 amide bonds. The minimum atomic E-state index is -1.27. The first-order valence-corrected chi connectivity index (χ1v) is 23.1. The Hall–Kier alpha value is -6.04. The van der Waals surface area contributed by atoms with E-state index < -0.39 is 17.9 Å². The molecule has 354 valence electrons. The molecule has 0 N–H and O–H groups in total. The van der Waals surface area contributed by atoms with E-state index in [9.17, 15) is 9.59 Å². The van der Waals surface area contributed by atoms with Crippen molar-refractivity contribution in [3.8, 4) is 17.2 Å². The largest absolute Gasteiger partial charge is 1.00 e. The van der Waals surface area contributed by atoms with Gasteiger partial charge in [0.2, 0.25) is 12.1 Å². The minimum absolute atomic E-state index is 0. The third-order valence-electron chi connectivity index (χ3n) is 12.3. The van der Waals surface area contributed by atoms with E-state index in [1.165, 1.54) is 10.9 Å². The van der Waals surface area contributed by atoms with Gasteiger partial charge >= 0.3 is 11.7 Å². The van der Waals surface area contributed by atoms with Gasteiger partial charge in [-0.1, -0.05) is 36.2 Å². The lowest BCUT2D eigenvalue weighted by atomic mass is 10.1. The topological polar surface area (TPSA) is 135 Å². The fraction of sp³-hybridized carbons (Fsp3) is 0.320. The van der Waals surface area contributed by atoms with E-state index in [1.54, 1.807) is 52.4 Å². The summed E-state index contributed by atoms with van der Waals surface area (Å²) in [6, 6.07) is 28.9. The third kappa shape index (κ3) is 10.6. The van der Waals surface area contributed by atoms with Gasteiger partial charge in [0.15, 0.2) is 6.54 Å². The van der Waals surface area contributed by atoms with Gasteiger partial charge in [0.25, 0.3) is 6.33 Å². The zero-order valence-corrected chi connectivity index (χ0v) is 41.3. The Morgan fingerprint density at radius 1 is 0.912 bits per heavy atom. The number of anilines is 2. The van der Waals surface area contributed by atoms with Gasteiger partial charge in [0.05, 0.1) is 35.5 Å². The highest BCUT2D eigenvalue weighted by molar-refractivity contribution is 6.35. The zero-order chi connectivity index (χ0) is 46.7. The summed E-state index contributed by atoms with van der Waals surface area (Å²) in [6.07, 6.45) is 8.76. The van der Waals surface area contributed by atoms with Crippen molar-refractivity contribution in [2.45, 2.75) is 65.1 Å². The van der Waals surface area contributed by atoms with Crippen molar-refractivity contribution in [2.24, 2.45) is 0 Å². The molecular weight excluding hydrogens is 973 g/mol. The average molecular weight is 1030 g/mol. The van der Waals surface area contributed by atoms with Crippen molar-refractivity contribution in [3.05, 3.63) is 171 Å². The molecule has 2 saturated heterocycles. The van der Waals surface area contributed by atoms with Crippen LogP contribution in [0.3, 0.4) is 0 Å². The molecule has 0 radical (unpaired) electrons. The van der Waals surface area contributed by atoms with E-state index >= 15 is 0 Å². The number of aryl methyl sites for hydroxylation is 2. The molecule has 0 spiro atoms. The molecule has 3 unspecified atom stereocenters. The van der Waals surface area contributed by atoms with E-state index in [1.807, 2.05) is 81.1 Å². The fourth-order valence-electron chi connectivity index (χ4n) is 8.59. The van der Waals surface area contributed by atoms with E-state index in [-0.39, 0.29) is 48.5 Å². The number of halogens is 3. The Kier molecular flexibility index (Phi) is 15.0. The quantitative estimate of drug-likeness (QED) is 0.0801. The maximum atomic E-state index is 12.9. The van der Waals surface area contributed by atoms with Gasteiger partial charge in [-0.2, -0.15) is 5.10 Å². The number of ether oxygens (including phenoxy) is 4. The number of esters is 1. The van der Waals surface area contributed by atoms with Crippen molar-refractivity contribution in [1.82, 2.24) is 29.1 Å². The van der Waals surface area contributed by atoms with Gasteiger partial charge in [-0.3, -0.25) is 4.98 Å². The van der Waals surface area contributed by atoms with Crippen LogP contribution in [0.2, 0.25) is 10.0 Å². The third-order valence-corrected chi connectivity index (χ3v) is 12.8. The molecule has 2 aliphatic heterocycles. The van der Waals surface area contributed by atoms with Crippen molar-refractivity contribution < 1.29 is 45.3 Å². The van der Waals surface area contributed by atoms with Crippen molar-refractivity contribution in [1.29, 1.82) is 0 Å². The Bertz CT molecular complexity index is 2880. The van der Waals surface area contributed by atoms with Gasteiger partial charge in [-0.25, -0.2) is 23.4 Å². The number of aromatic nitrogens is 7. The number of pyridine rings is 1. The Morgan fingerprint density at radius 2 is 1.59 bits per heavy atom. The number of nitrogens with zero attached hydrogens (tertiary/aromatic N) is 9. The number of carbonyl (C=O) groups is 1. The fourth-order valence-corrected chi connectivity index (χ4v) is 9.14. The first-order chi connectivity index (χ1) is 32.4. The number of piperazine rings is 1. The van der Waals surface area contributed by atoms with Crippen LogP contribution in [0.25, 0.3) is 5.69 Å². The van der Waals surface area contributed by atoms with E-state index in [0.717, 1.165) is 72.1 Å². The number of hydrogen-bond acceptors (Lipinski definition) is 11. The SMILES string of the molecule is CCC(C)n1ncn(-c2ccc(N3CCN(c4ccc(OCC5COC(Cn6c[n+](Cc7cc(C)c(OC(=O)c8cccnc8)c(C)c7)cn6)(c6ccc(Cl)cc6Cl)O5)cc4)CC3)cc2)c1=O.[Br-]. The monoisotopic (exact) mass is 1020 g/mol. The second-order valence-electron chi connectivity index (χ2n) is 17.0. The Labute approximate surface area is 415 Å². The number of carbonyl (C=O) groups excluding carboxylic acids is 1. The van der Waals surface area contributed by atoms with Gasteiger partial charge in [0, 0.05) is 65.6 Å². The molecule has 2 fully saturated rings. The molecular formula is C50H52BrCl2N9O6. The van der Waals surface area contributed by atoms with Gasteiger partial charge in [-0.05, 0) is 129 Å². The summed E-state index contributed by atoms with van der Waals surface area (Å²) < 4.78 is 32.1. The molecule has 3 atom stereocenters. The molecule has 68 heavy (non-hydrogen) atoms. The summed E-state index contributed by atoms with van der Waals surface area (Å²) in [5.74, 6) is -0.472. The van der Waals surface area contributed by atoms with E-state index in [0.29, 0.717) is 33.5 Å². The molecule has 15 nitrogen and oxygen atoms in total. The van der Waals surface area contributed by atoms with Crippen molar-refractivity contribution >= 4 is 40.5 Å².